The summed E-state index contributed by atoms with van der Waals surface area (Å²) >= 11 is 0. The Morgan fingerprint density at radius 2 is 1.85 bits per heavy atom. The smallest absolute Gasteiger partial charge is 0.355 e. The van der Waals surface area contributed by atoms with Crippen molar-refractivity contribution in [2.75, 3.05) is 19.6 Å². The van der Waals surface area contributed by atoms with E-state index in [0.29, 0.717) is 24.3 Å². The Labute approximate surface area is 116 Å². The fraction of sp³-hybridized carbons (Fsp3) is 0.929. The van der Waals surface area contributed by atoms with Crippen molar-refractivity contribution in [3.63, 3.8) is 0 Å². The van der Waals surface area contributed by atoms with Gasteiger partial charge in [0.1, 0.15) is 0 Å². The molecule has 2 aliphatic carbocycles. The maximum atomic E-state index is 13.2. The number of nitrogens with one attached hydrogen (secondary N) is 2. The van der Waals surface area contributed by atoms with E-state index in [-0.39, 0.29) is 19.5 Å². The first-order chi connectivity index (χ1) is 9.44. The first kappa shape index (κ1) is 14.2. The molecule has 1 amide bonds. The first-order valence-electron chi connectivity index (χ1n) is 7.50. The number of hydrogen-bond acceptors (Lipinski definition) is 2. The molecule has 3 nitrogen and oxygen atoms in total. The van der Waals surface area contributed by atoms with E-state index in [2.05, 4.69) is 10.6 Å². The molecule has 20 heavy (non-hydrogen) atoms. The van der Waals surface area contributed by atoms with Crippen LogP contribution >= 0.6 is 0 Å². The molecule has 0 spiro atoms. The van der Waals surface area contributed by atoms with Gasteiger partial charge < -0.3 is 10.6 Å². The summed E-state index contributed by atoms with van der Waals surface area (Å²) in [5.41, 5.74) is -2.22. The van der Waals surface area contributed by atoms with Gasteiger partial charge in [-0.2, -0.15) is 13.2 Å². The molecular formula is C14H21F3N2O. The number of carbonyl (C=O) groups excluding carboxylic acids is 1. The maximum Gasteiger partial charge on any atom is 0.404 e. The molecule has 0 aromatic rings. The predicted molar refractivity (Wildman–Crippen MR) is 67.9 cm³/mol. The van der Waals surface area contributed by atoms with Crippen molar-refractivity contribution in [1.29, 1.82) is 0 Å². The van der Waals surface area contributed by atoms with Crippen LogP contribution in [0.5, 0.6) is 0 Å². The summed E-state index contributed by atoms with van der Waals surface area (Å²) < 4.78 is 39.7. The van der Waals surface area contributed by atoms with Crippen LogP contribution in [0, 0.1) is 23.2 Å². The fourth-order valence-electron chi connectivity index (χ4n) is 3.40. The normalized spacial score (nSPS) is 30.8. The number of rotatable bonds is 5. The largest absolute Gasteiger partial charge is 0.404 e. The Kier molecular flexibility index (Phi) is 3.47. The van der Waals surface area contributed by atoms with Gasteiger partial charge in [-0.1, -0.05) is 0 Å². The van der Waals surface area contributed by atoms with Gasteiger partial charge in [0.2, 0.25) is 5.91 Å². The van der Waals surface area contributed by atoms with Crippen molar-refractivity contribution >= 4 is 5.91 Å². The van der Waals surface area contributed by atoms with Crippen LogP contribution in [0.1, 0.15) is 32.1 Å². The molecule has 3 aliphatic rings. The quantitative estimate of drug-likeness (QED) is 0.814. The van der Waals surface area contributed by atoms with Gasteiger partial charge in [-0.25, -0.2) is 0 Å². The highest BCUT2D eigenvalue weighted by molar-refractivity contribution is 5.84. The van der Waals surface area contributed by atoms with Crippen molar-refractivity contribution in [3.8, 4) is 0 Å². The number of halogens is 3. The van der Waals surface area contributed by atoms with Crippen molar-refractivity contribution in [3.05, 3.63) is 0 Å². The SMILES string of the molecule is O=C(NCC(C1CC1)C1CC1)C1(C(F)(F)F)CCNC1. The monoisotopic (exact) mass is 290 g/mol. The average molecular weight is 290 g/mol. The van der Waals surface area contributed by atoms with E-state index in [9.17, 15) is 18.0 Å². The van der Waals surface area contributed by atoms with E-state index in [1.54, 1.807) is 0 Å². The second kappa shape index (κ2) is 4.90. The van der Waals surface area contributed by atoms with E-state index in [1.165, 1.54) is 25.7 Å². The third kappa shape index (κ3) is 2.54. The Morgan fingerprint density at radius 1 is 1.25 bits per heavy atom. The van der Waals surface area contributed by atoms with E-state index in [1.807, 2.05) is 0 Å². The first-order valence-corrected chi connectivity index (χ1v) is 7.50. The lowest BCUT2D eigenvalue weighted by molar-refractivity contribution is -0.216. The molecule has 3 fully saturated rings. The lowest BCUT2D eigenvalue weighted by atomic mass is 9.84. The van der Waals surface area contributed by atoms with Crippen LogP contribution in [-0.4, -0.2) is 31.7 Å². The standard InChI is InChI=1S/C14H21F3N2O/c15-14(16,17)13(5-6-18-8-13)12(20)19-7-11(9-1-2-9)10-3-4-10/h9-11,18H,1-8H2,(H,19,20). The molecule has 114 valence electrons. The van der Waals surface area contributed by atoms with E-state index < -0.39 is 17.5 Å². The summed E-state index contributed by atoms with van der Waals surface area (Å²) in [6.45, 7) is 0.382. The number of amides is 1. The lowest BCUT2D eigenvalue weighted by Crippen LogP contribution is -2.53. The van der Waals surface area contributed by atoms with Gasteiger partial charge in [0, 0.05) is 13.1 Å². The molecule has 3 rings (SSSR count). The molecule has 0 radical (unpaired) electrons. The second-order valence-electron chi connectivity index (χ2n) is 6.56. The Balaban J connectivity index is 1.62. The van der Waals surface area contributed by atoms with Gasteiger partial charge in [0.25, 0.3) is 0 Å². The summed E-state index contributed by atoms with van der Waals surface area (Å²) in [7, 11) is 0. The van der Waals surface area contributed by atoms with Crippen LogP contribution in [0.2, 0.25) is 0 Å². The highest BCUT2D eigenvalue weighted by Crippen LogP contribution is 2.49. The second-order valence-corrected chi connectivity index (χ2v) is 6.56. The predicted octanol–water partition coefficient (Wildman–Crippen LogP) is 2.08. The molecule has 0 bridgehead atoms. The van der Waals surface area contributed by atoms with Crippen LogP contribution in [0.4, 0.5) is 13.2 Å². The van der Waals surface area contributed by atoms with Crippen LogP contribution < -0.4 is 10.6 Å². The third-order valence-corrected chi connectivity index (χ3v) is 5.09. The third-order valence-electron chi connectivity index (χ3n) is 5.09. The van der Waals surface area contributed by atoms with Crippen LogP contribution in [0.25, 0.3) is 0 Å². The van der Waals surface area contributed by atoms with Crippen molar-refractivity contribution in [2.45, 2.75) is 38.3 Å². The van der Waals surface area contributed by atoms with E-state index >= 15 is 0 Å². The van der Waals surface area contributed by atoms with Crippen molar-refractivity contribution in [2.24, 2.45) is 23.2 Å². The summed E-state index contributed by atoms with van der Waals surface area (Å²) in [6.07, 6.45) is 0.0487. The lowest BCUT2D eigenvalue weighted by Gasteiger charge is -2.30. The highest BCUT2D eigenvalue weighted by Gasteiger charge is 2.61. The van der Waals surface area contributed by atoms with Gasteiger partial charge in [-0.05, 0) is 56.4 Å². The van der Waals surface area contributed by atoms with E-state index in [4.69, 9.17) is 0 Å². The van der Waals surface area contributed by atoms with Crippen LogP contribution in [0.15, 0.2) is 0 Å². The molecule has 1 heterocycles. The number of carbonyl (C=O) groups is 1. The maximum absolute atomic E-state index is 13.2. The minimum atomic E-state index is -4.48. The Hall–Kier alpha value is -0.780. The summed E-state index contributed by atoms with van der Waals surface area (Å²) in [4.78, 5) is 12.1. The van der Waals surface area contributed by atoms with E-state index in [0.717, 1.165) is 0 Å². The van der Waals surface area contributed by atoms with Crippen LogP contribution in [-0.2, 0) is 4.79 Å². The van der Waals surface area contributed by atoms with Gasteiger partial charge in [0.15, 0.2) is 5.41 Å². The van der Waals surface area contributed by atoms with Gasteiger partial charge >= 0.3 is 6.18 Å². The molecule has 1 atom stereocenters. The highest BCUT2D eigenvalue weighted by atomic mass is 19.4. The molecule has 6 heteroatoms. The fourth-order valence-corrected chi connectivity index (χ4v) is 3.40. The van der Waals surface area contributed by atoms with Gasteiger partial charge in [-0.3, -0.25) is 4.79 Å². The average Bonchev–Trinajstić information content (AvgIpc) is 3.29. The summed E-state index contributed by atoms with van der Waals surface area (Å²) in [5, 5.41) is 5.29. The minimum absolute atomic E-state index is 0.153. The Bertz CT molecular complexity index is 370. The molecule has 2 N–H and O–H groups in total. The summed E-state index contributed by atoms with van der Waals surface area (Å²) in [6, 6.07) is 0. The number of alkyl halides is 3. The van der Waals surface area contributed by atoms with Crippen molar-refractivity contribution < 1.29 is 18.0 Å². The van der Waals surface area contributed by atoms with Crippen molar-refractivity contribution in [1.82, 2.24) is 10.6 Å². The molecule has 1 unspecified atom stereocenters. The zero-order valence-corrected chi connectivity index (χ0v) is 11.4. The topological polar surface area (TPSA) is 41.1 Å². The van der Waals surface area contributed by atoms with Gasteiger partial charge in [-0.15, -0.1) is 0 Å². The molecular weight excluding hydrogens is 269 g/mol. The molecule has 1 saturated heterocycles. The Morgan fingerprint density at radius 3 is 2.25 bits per heavy atom. The molecule has 2 saturated carbocycles. The van der Waals surface area contributed by atoms with Gasteiger partial charge in [0.05, 0.1) is 0 Å². The zero-order valence-electron chi connectivity index (χ0n) is 11.4. The summed E-state index contributed by atoms with van der Waals surface area (Å²) in [5.74, 6) is 0.831. The molecule has 1 aliphatic heterocycles. The zero-order chi connectivity index (χ0) is 14.4. The molecule has 0 aromatic heterocycles. The number of hydrogen-bond donors (Lipinski definition) is 2. The molecule has 0 aromatic carbocycles. The minimum Gasteiger partial charge on any atom is -0.355 e. The van der Waals surface area contributed by atoms with Crippen LogP contribution in [0.3, 0.4) is 0 Å².